The van der Waals surface area contributed by atoms with Crippen LogP contribution in [0.1, 0.15) is 111 Å². The van der Waals surface area contributed by atoms with Gasteiger partial charge in [0.05, 0.1) is 60.5 Å². The monoisotopic (exact) mass is 1180 g/mol. The van der Waals surface area contributed by atoms with Gasteiger partial charge in [0.25, 0.3) is 0 Å². The molecule has 1 aromatic carbocycles. The van der Waals surface area contributed by atoms with Crippen LogP contribution in [0.5, 0.6) is 5.75 Å². The van der Waals surface area contributed by atoms with Crippen molar-refractivity contribution in [2.45, 2.75) is 135 Å². The fourth-order valence-corrected chi connectivity index (χ4v) is 9.65. The predicted octanol–water partition coefficient (Wildman–Crippen LogP) is 2.60. The van der Waals surface area contributed by atoms with E-state index >= 15 is 9.59 Å². The van der Waals surface area contributed by atoms with E-state index in [0.717, 1.165) is 21.5 Å². The minimum atomic E-state index is -2.15. The topological polar surface area (TPSA) is 287 Å². The van der Waals surface area contributed by atoms with E-state index in [-0.39, 0.29) is 81.8 Å². The average Bonchev–Trinajstić information content (AvgIpc) is 3.43. The fraction of sp³-hybridized carbons (Fsp3) is 0.672. The summed E-state index contributed by atoms with van der Waals surface area (Å²) in [5.41, 5.74) is -0.175. The Morgan fingerprint density at radius 2 is 1.38 bits per heavy atom. The lowest BCUT2D eigenvalue weighted by molar-refractivity contribution is -0.870. The predicted molar refractivity (Wildman–Crippen MR) is 318 cm³/mol. The Morgan fingerprint density at radius 1 is 0.774 bits per heavy atom. The van der Waals surface area contributed by atoms with E-state index in [1.807, 2.05) is 45.0 Å². The zero-order chi connectivity index (χ0) is 63.1. The van der Waals surface area contributed by atoms with Gasteiger partial charge in [-0.25, -0.2) is 0 Å². The zero-order valence-corrected chi connectivity index (χ0v) is 52.6. The van der Waals surface area contributed by atoms with Crippen LogP contribution in [-0.4, -0.2) is 215 Å². The Labute approximate surface area is 498 Å². The highest BCUT2D eigenvalue weighted by Gasteiger charge is 2.50. The van der Waals surface area contributed by atoms with E-state index in [9.17, 15) is 33.6 Å². The number of rotatable bonds is 37. The van der Waals surface area contributed by atoms with Crippen molar-refractivity contribution in [3.05, 3.63) is 59.9 Å². The Kier molecular flexibility index (Phi) is 28.4. The third-order valence-corrected chi connectivity index (χ3v) is 15.1. The van der Waals surface area contributed by atoms with E-state index in [1.54, 1.807) is 19.2 Å². The molecule has 0 aliphatic carbocycles. The summed E-state index contributed by atoms with van der Waals surface area (Å²) in [4.78, 5) is 134. The first kappa shape index (κ1) is 71.7. The molecule has 0 spiro atoms. The number of pyridine rings is 1. The largest absolute Gasteiger partial charge is 0.491 e. The molecule has 1 aromatic heterocycles. The number of nitrogens with zero attached hydrogens (tertiary/aromatic N) is 5. The van der Waals surface area contributed by atoms with Gasteiger partial charge in [-0.2, -0.15) is 0 Å². The number of nitrogens with one attached hydrogen (secondary N) is 4. The number of hydrogen-bond donors (Lipinski definition) is 5. The van der Waals surface area contributed by atoms with Crippen molar-refractivity contribution < 1.29 is 66.6 Å². The summed E-state index contributed by atoms with van der Waals surface area (Å²) in [6.07, 6.45) is 3.52. The standard InChI is InChI=1S/C61H98N10O13/c1-43(2)36-48(38-50(73)44(3)37-46-19-21-49(22-20-46)84-35-34-83-33-32-82-31-28-71(12,13)14)53(76)64-61(24-29-81-30-25-61)56(79)67-58(5,23-15-16-27-69(10)45(4)72)54(77)65-59(6,40-51(62)74)55(78)66-60(7,39-47-18-17-26-63-41-47)57(80)70(11)42-52(75)68(8)9/h17-22,26,41,43-44,48H,15-16,23-25,27-40,42H2,1-14H3,(H5-,62,64,65,66,67,74,76,77,78,79)/p+1/t44?,48-,58?,59-,60+/m1/s1. The summed E-state index contributed by atoms with van der Waals surface area (Å²) in [7, 11) is 12.5. The number of carbonyl (C=O) groups is 9. The second-order valence-corrected chi connectivity index (χ2v) is 24.9. The second-order valence-electron chi connectivity index (χ2n) is 24.9. The van der Waals surface area contributed by atoms with Crippen LogP contribution in [0, 0.1) is 17.8 Å². The second kappa shape index (κ2) is 33.2. The molecule has 0 radical (unpaired) electrons. The van der Waals surface area contributed by atoms with Crippen molar-refractivity contribution in [2.75, 3.05) is 115 Å². The number of amides is 8. The van der Waals surface area contributed by atoms with Gasteiger partial charge in [0, 0.05) is 105 Å². The van der Waals surface area contributed by atoms with Gasteiger partial charge in [0.2, 0.25) is 47.3 Å². The summed E-state index contributed by atoms with van der Waals surface area (Å²) in [5, 5.41) is 11.5. The number of nitrogens with two attached hydrogens (primary N) is 1. The molecular formula is C61H99N10O13+. The number of Topliss-reactive ketones (excluding diaryl/α,β-unsaturated/α-hetero) is 1. The number of hydrogen-bond acceptors (Lipinski definition) is 14. The number of ketones is 1. The first-order valence-electron chi connectivity index (χ1n) is 29.2. The minimum Gasteiger partial charge on any atom is -0.491 e. The third kappa shape index (κ3) is 23.8. The number of benzene rings is 1. The van der Waals surface area contributed by atoms with Crippen LogP contribution in [-0.2, 0) is 70.2 Å². The summed E-state index contributed by atoms with van der Waals surface area (Å²) in [6.45, 7) is 14.8. The van der Waals surface area contributed by atoms with E-state index in [4.69, 9.17) is 24.7 Å². The zero-order valence-electron chi connectivity index (χ0n) is 52.6. The molecule has 0 saturated carbocycles. The molecule has 1 fully saturated rings. The Morgan fingerprint density at radius 3 is 1.95 bits per heavy atom. The van der Waals surface area contributed by atoms with Gasteiger partial charge < -0.3 is 65.1 Å². The highest BCUT2D eigenvalue weighted by molar-refractivity contribution is 6.02. The van der Waals surface area contributed by atoms with Crippen LogP contribution in [0.2, 0.25) is 0 Å². The highest BCUT2D eigenvalue weighted by Crippen LogP contribution is 2.29. The number of ether oxygens (including phenoxy) is 4. The molecule has 8 amide bonds. The molecular weight excluding hydrogens is 1080 g/mol. The molecule has 3 rings (SSSR count). The minimum absolute atomic E-state index is 0.00659. The maximum Gasteiger partial charge on any atom is 0.248 e. The third-order valence-electron chi connectivity index (χ3n) is 15.1. The molecule has 23 nitrogen and oxygen atoms in total. The Balaban J connectivity index is 1.88. The highest BCUT2D eigenvalue weighted by atomic mass is 16.5. The van der Waals surface area contributed by atoms with E-state index < -0.39 is 75.9 Å². The molecule has 1 aliphatic rings. The molecule has 1 aliphatic heterocycles. The average molecular weight is 1180 g/mol. The summed E-state index contributed by atoms with van der Waals surface area (Å²) in [5.74, 6) is -6.05. The van der Waals surface area contributed by atoms with Gasteiger partial charge in [-0.05, 0) is 88.1 Å². The molecule has 2 heterocycles. The number of likely N-dealkylation sites (N-methyl/N-ethyl adjacent to an activating group) is 3. The van der Waals surface area contributed by atoms with E-state index in [2.05, 4.69) is 47.4 Å². The first-order chi connectivity index (χ1) is 39.2. The van der Waals surface area contributed by atoms with Gasteiger partial charge in [0.15, 0.2) is 0 Å². The summed E-state index contributed by atoms with van der Waals surface area (Å²) < 4.78 is 23.7. The van der Waals surface area contributed by atoms with Crippen LogP contribution in [0.4, 0.5) is 0 Å². The van der Waals surface area contributed by atoms with Crippen molar-refractivity contribution in [1.82, 2.24) is 41.0 Å². The summed E-state index contributed by atoms with van der Waals surface area (Å²) in [6, 6.07) is 10.9. The Bertz CT molecular complexity index is 2500. The molecule has 23 heteroatoms. The van der Waals surface area contributed by atoms with Gasteiger partial charge in [-0.15, -0.1) is 0 Å². The van der Waals surface area contributed by atoms with Gasteiger partial charge in [0.1, 0.15) is 46.8 Å². The fourth-order valence-electron chi connectivity index (χ4n) is 9.65. The van der Waals surface area contributed by atoms with Crippen molar-refractivity contribution in [3.63, 3.8) is 0 Å². The number of aromatic nitrogens is 1. The molecule has 2 unspecified atom stereocenters. The maximum atomic E-state index is 15.1. The van der Waals surface area contributed by atoms with Crippen LogP contribution >= 0.6 is 0 Å². The number of unbranched alkanes of at least 4 members (excludes halogenated alkanes) is 1. The van der Waals surface area contributed by atoms with Crippen LogP contribution in [0.15, 0.2) is 48.8 Å². The molecule has 470 valence electrons. The lowest BCUT2D eigenvalue weighted by atomic mass is 9.83. The van der Waals surface area contributed by atoms with E-state index in [1.165, 1.54) is 71.0 Å². The lowest BCUT2D eigenvalue weighted by Gasteiger charge is -2.42. The first-order valence-corrected chi connectivity index (χ1v) is 29.2. The number of carbonyl (C=O) groups excluding carboxylic acids is 9. The van der Waals surface area contributed by atoms with Crippen molar-refractivity contribution in [3.8, 4) is 5.75 Å². The van der Waals surface area contributed by atoms with Gasteiger partial charge in [-0.1, -0.05) is 39.0 Å². The molecule has 1 saturated heterocycles. The van der Waals surface area contributed by atoms with E-state index in [0.29, 0.717) is 70.2 Å². The molecule has 2 aromatic rings. The maximum absolute atomic E-state index is 15.1. The smallest absolute Gasteiger partial charge is 0.248 e. The van der Waals surface area contributed by atoms with Crippen LogP contribution in [0.25, 0.3) is 0 Å². The number of primary amides is 1. The molecule has 5 atom stereocenters. The molecule has 0 bridgehead atoms. The van der Waals surface area contributed by atoms with Gasteiger partial charge in [-0.3, -0.25) is 48.1 Å². The van der Waals surface area contributed by atoms with Crippen LogP contribution in [0.3, 0.4) is 0 Å². The van der Waals surface area contributed by atoms with Crippen molar-refractivity contribution in [1.29, 1.82) is 0 Å². The molecule has 6 N–H and O–H groups in total. The Hall–Kier alpha value is -6.56. The van der Waals surface area contributed by atoms with Crippen LogP contribution < -0.4 is 31.7 Å². The summed E-state index contributed by atoms with van der Waals surface area (Å²) >= 11 is 0. The quantitative estimate of drug-likeness (QED) is 0.0481. The SMILES string of the molecule is CC(=O)N(C)CCCCC(C)(NC(=O)C1(NC(=O)[C@@H](CC(=O)C(C)Cc2ccc(OCCOCCOCC[N+](C)(C)C)cc2)CC(C)C)CCOCC1)C(=O)N[C@](C)(CC(N)=O)C(=O)N[C@@](C)(Cc1cccnc1)C(=O)N(C)CC(=O)N(C)C. The number of quaternary nitrogens is 1. The van der Waals surface area contributed by atoms with Crippen molar-refractivity contribution >= 4 is 53.0 Å². The van der Waals surface area contributed by atoms with Gasteiger partial charge >= 0.3 is 0 Å². The van der Waals surface area contributed by atoms with Crippen molar-refractivity contribution in [2.24, 2.45) is 23.5 Å². The molecule has 84 heavy (non-hydrogen) atoms. The lowest BCUT2D eigenvalue weighted by Crippen LogP contribution is -2.71. The normalized spacial score (nSPS) is 16.0.